The molecule has 134 valence electrons. The number of aromatic nitrogens is 1. The van der Waals surface area contributed by atoms with Gasteiger partial charge in [-0.15, -0.1) is 0 Å². The highest BCUT2D eigenvalue weighted by Crippen LogP contribution is 2.28. The van der Waals surface area contributed by atoms with Gasteiger partial charge in [0.05, 0.1) is 29.2 Å². The first-order valence-corrected chi connectivity index (χ1v) is 8.71. The number of ether oxygens (including phenoxy) is 1. The van der Waals surface area contributed by atoms with E-state index >= 15 is 0 Å². The summed E-state index contributed by atoms with van der Waals surface area (Å²) in [6.45, 7) is 8.91. The monoisotopic (exact) mass is 341 g/mol. The number of nitrogens with one attached hydrogen (secondary N) is 2. The van der Waals surface area contributed by atoms with Gasteiger partial charge in [-0.3, -0.25) is 9.78 Å². The molecule has 1 aromatic heterocycles. The van der Waals surface area contributed by atoms with Crippen LogP contribution in [0.25, 0.3) is 0 Å². The van der Waals surface area contributed by atoms with Gasteiger partial charge in [0.1, 0.15) is 5.75 Å². The van der Waals surface area contributed by atoms with Gasteiger partial charge in [-0.2, -0.15) is 0 Å². The highest BCUT2D eigenvalue weighted by Gasteiger charge is 2.09. The van der Waals surface area contributed by atoms with Crippen LogP contribution in [0.4, 0.5) is 11.4 Å². The van der Waals surface area contributed by atoms with Crippen molar-refractivity contribution in [3.05, 3.63) is 48.3 Å². The van der Waals surface area contributed by atoms with E-state index in [9.17, 15) is 4.79 Å². The summed E-state index contributed by atoms with van der Waals surface area (Å²) in [5.74, 6) is 1.22. The van der Waals surface area contributed by atoms with Gasteiger partial charge in [0.25, 0.3) is 5.91 Å². The molecule has 0 saturated heterocycles. The summed E-state index contributed by atoms with van der Waals surface area (Å²) in [5.41, 5.74) is 2.13. The summed E-state index contributed by atoms with van der Waals surface area (Å²) in [6.07, 6.45) is 4.31. The van der Waals surface area contributed by atoms with Crippen LogP contribution in [0, 0.1) is 5.92 Å². The zero-order valence-electron chi connectivity index (χ0n) is 15.4. The summed E-state index contributed by atoms with van der Waals surface area (Å²) in [7, 11) is 0. The van der Waals surface area contributed by atoms with Crippen LogP contribution >= 0.6 is 0 Å². The van der Waals surface area contributed by atoms with Gasteiger partial charge in [0.15, 0.2) is 0 Å². The second-order valence-corrected chi connectivity index (χ2v) is 6.69. The number of amides is 1. The molecule has 0 aliphatic carbocycles. The van der Waals surface area contributed by atoms with Crippen molar-refractivity contribution in [3.63, 3.8) is 0 Å². The Kier molecular flexibility index (Phi) is 6.81. The summed E-state index contributed by atoms with van der Waals surface area (Å²) < 4.78 is 5.81. The number of anilines is 2. The number of carbonyl (C=O) groups excluding carboxylic acids is 1. The molecule has 1 heterocycles. The van der Waals surface area contributed by atoms with E-state index in [-0.39, 0.29) is 12.0 Å². The van der Waals surface area contributed by atoms with Crippen LogP contribution < -0.4 is 15.4 Å². The molecule has 0 unspecified atom stereocenters. The number of carbonyl (C=O) groups is 1. The summed E-state index contributed by atoms with van der Waals surface area (Å²) in [5, 5.41) is 6.21. The second-order valence-electron chi connectivity index (χ2n) is 6.69. The maximum atomic E-state index is 12.2. The lowest BCUT2D eigenvalue weighted by atomic mass is 10.1. The third kappa shape index (κ3) is 6.10. The van der Waals surface area contributed by atoms with Crippen molar-refractivity contribution in [2.24, 2.45) is 5.92 Å². The standard InChI is InChI=1S/C20H27N3O2/c1-14(2)9-10-22-20(24)16-11-17(13-21-12-16)23-18-7-5-6-8-19(18)25-15(3)4/h5-8,11-15,23H,9-10H2,1-4H3,(H,22,24). The van der Waals surface area contributed by atoms with E-state index in [4.69, 9.17) is 4.74 Å². The molecule has 25 heavy (non-hydrogen) atoms. The number of para-hydroxylation sites is 2. The lowest BCUT2D eigenvalue weighted by Gasteiger charge is -2.15. The Morgan fingerprint density at radius 2 is 1.92 bits per heavy atom. The van der Waals surface area contributed by atoms with Crippen molar-refractivity contribution in [3.8, 4) is 5.75 Å². The minimum atomic E-state index is -0.108. The molecule has 0 saturated carbocycles. The highest BCUT2D eigenvalue weighted by atomic mass is 16.5. The van der Waals surface area contributed by atoms with Crippen molar-refractivity contribution < 1.29 is 9.53 Å². The molecule has 0 aliphatic heterocycles. The van der Waals surface area contributed by atoms with Crippen LogP contribution in [0.1, 0.15) is 44.5 Å². The largest absolute Gasteiger partial charge is 0.489 e. The quantitative estimate of drug-likeness (QED) is 0.747. The SMILES string of the molecule is CC(C)CCNC(=O)c1cncc(Nc2ccccc2OC(C)C)c1. The predicted octanol–water partition coefficient (Wildman–Crippen LogP) is 4.39. The molecule has 2 rings (SSSR count). The molecule has 1 amide bonds. The fourth-order valence-electron chi connectivity index (χ4n) is 2.29. The topological polar surface area (TPSA) is 63.2 Å². The molecule has 0 spiro atoms. The minimum Gasteiger partial charge on any atom is -0.489 e. The Morgan fingerprint density at radius 3 is 2.64 bits per heavy atom. The smallest absolute Gasteiger partial charge is 0.252 e. The fourth-order valence-corrected chi connectivity index (χ4v) is 2.29. The number of rotatable bonds is 8. The predicted molar refractivity (Wildman–Crippen MR) is 102 cm³/mol. The van der Waals surface area contributed by atoms with Crippen molar-refractivity contribution in [1.29, 1.82) is 0 Å². The molecule has 2 N–H and O–H groups in total. The van der Waals surface area contributed by atoms with Gasteiger partial charge in [0.2, 0.25) is 0 Å². The Hall–Kier alpha value is -2.56. The van der Waals surface area contributed by atoms with E-state index in [2.05, 4.69) is 29.5 Å². The van der Waals surface area contributed by atoms with Gasteiger partial charge < -0.3 is 15.4 Å². The lowest BCUT2D eigenvalue weighted by Crippen LogP contribution is -2.25. The fraction of sp³-hybridized carbons (Fsp3) is 0.400. The summed E-state index contributed by atoms with van der Waals surface area (Å²) >= 11 is 0. The normalized spacial score (nSPS) is 10.8. The number of hydrogen-bond donors (Lipinski definition) is 2. The Bertz CT molecular complexity index is 699. The van der Waals surface area contributed by atoms with Crippen molar-refractivity contribution in [2.75, 3.05) is 11.9 Å². The third-order valence-electron chi connectivity index (χ3n) is 3.54. The van der Waals surface area contributed by atoms with Gasteiger partial charge in [0, 0.05) is 12.7 Å². The second kappa shape index (κ2) is 9.06. The van der Waals surface area contributed by atoms with Gasteiger partial charge >= 0.3 is 0 Å². The summed E-state index contributed by atoms with van der Waals surface area (Å²) in [4.78, 5) is 16.4. The average Bonchev–Trinajstić information content (AvgIpc) is 2.56. The molecule has 0 aliphatic rings. The van der Waals surface area contributed by atoms with Crippen molar-refractivity contribution >= 4 is 17.3 Å². The van der Waals surface area contributed by atoms with E-state index in [0.29, 0.717) is 18.0 Å². The molecule has 0 fully saturated rings. The number of hydrogen-bond acceptors (Lipinski definition) is 4. The third-order valence-corrected chi connectivity index (χ3v) is 3.54. The van der Waals surface area contributed by atoms with Crippen LogP contribution in [0.15, 0.2) is 42.7 Å². The van der Waals surface area contributed by atoms with Crippen LogP contribution in [0.5, 0.6) is 5.75 Å². The van der Waals surface area contributed by atoms with Crippen LogP contribution in [0.3, 0.4) is 0 Å². The zero-order valence-corrected chi connectivity index (χ0v) is 15.4. The lowest BCUT2D eigenvalue weighted by molar-refractivity contribution is 0.0951. The van der Waals surface area contributed by atoms with E-state index in [1.165, 1.54) is 0 Å². The maximum Gasteiger partial charge on any atom is 0.252 e. The van der Waals surface area contributed by atoms with Gasteiger partial charge in [-0.05, 0) is 44.4 Å². The molecule has 5 nitrogen and oxygen atoms in total. The first-order valence-electron chi connectivity index (χ1n) is 8.71. The Labute approximate surface area is 149 Å². The molecule has 2 aromatic rings. The van der Waals surface area contributed by atoms with E-state index in [1.807, 2.05) is 38.1 Å². The maximum absolute atomic E-state index is 12.2. The van der Waals surface area contributed by atoms with Gasteiger partial charge in [-0.25, -0.2) is 0 Å². The van der Waals surface area contributed by atoms with Gasteiger partial charge in [-0.1, -0.05) is 26.0 Å². The van der Waals surface area contributed by atoms with Crippen molar-refractivity contribution in [2.45, 2.75) is 40.2 Å². The van der Waals surface area contributed by atoms with E-state index in [0.717, 1.165) is 23.5 Å². The van der Waals surface area contributed by atoms with Crippen molar-refractivity contribution in [1.82, 2.24) is 10.3 Å². The van der Waals surface area contributed by atoms with Crippen LogP contribution in [-0.4, -0.2) is 23.5 Å². The van der Waals surface area contributed by atoms with Crippen LogP contribution in [-0.2, 0) is 0 Å². The van der Waals surface area contributed by atoms with E-state index < -0.39 is 0 Å². The molecule has 1 aromatic carbocycles. The Balaban J connectivity index is 2.08. The molecule has 0 atom stereocenters. The molecular weight excluding hydrogens is 314 g/mol. The van der Waals surface area contributed by atoms with E-state index in [1.54, 1.807) is 18.5 Å². The van der Waals surface area contributed by atoms with Crippen LogP contribution in [0.2, 0.25) is 0 Å². The molecule has 0 bridgehead atoms. The number of benzene rings is 1. The number of nitrogens with zero attached hydrogens (tertiary/aromatic N) is 1. The molecular formula is C20H27N3O2. The Morgan fingerprint density at radius 1 is 1.16 bits per heavy atom. The zero-order chi connectivity index (χ0) is 18.2. The minimum absolute atomic E-state index is 0.0825. The highest BCUT2D eigenvalue weighted by molar-refractivity contribution is 5.94. The number of pyridine rings is 1. The first kappa shape index (κ1) is 18.8. The summed E-state index contributed by atoms with van der Waals surface area (Å²) in [6, 6.07) is 9.51. The molecule has 0 radical (unpaired) electrons. The first-order chi connectivity index (χ1) is 12.0. The molecule has 5 heteroatoms. The average molecular weight is 341 g/mol.